The molecule has 10 heteroatoms. The molecule has 2 fully saturated rings. The number of hydrogen-bond donors (Lipinski definition) is 0. The molecule has 0 bridgehead atoms. The molecule has 8 nitrogen and oxygen atoms in total. The summed E-state index contributed by atoms with van der Waals surface area (Å²) in [5.41, 5.74) is 4.40. The summed E-state index contributed by atoms with van der Waals surface area (Å²) in [6, 6.07) is 10.00. The van der Waals surface area contributed by atoms with Gasteiger partial charge in [-0.25, -0.2) is 17.6 Å². The smallest absolute Gasteiger partial charge is 0.191 e. The topological polar surface area (TPSA) is 85.9 Å². The van der Waals surface area contributed by atoms with Gasteiger partial charge in [-0.3, -0.25) is 14.5 Å². The van der Waals surface area contributed by atoms with Crippen LogP contribution in [-0.2, 0) is 23.2 Å². The highest BCUT2D eigenvalue weighted by Gasteiger charge is 2.50. The highest BCUT2D eigenvalue weighted by atomic mass is 32.2. The van der Waals surface area contributed by atoms with Crippen LogP contribution in [0.15, 0.2) is 71.7 Å². The van der Waals surface area contributed by atoms with E-state index >= 15 is 0 Å². The maximum Gasteiger partial charge on any atom is 0.191 e. The summed E-state index contributed by atoms with van der Waals surface area (Å²) in [6.07, 6.45) is 13.7. The van der Waals surface area contributed by atoms with Gasteiger partial charge in [0.2, 0.25) is 0 Å². The molecule has 3 aliphatic rings. The number of nitrogens with zero attached hydrogens (tertiary/aromatic N) is 6. The van der Waals surface area contributed by atoms with Crippen molar-refractivity contribution in [3.05, 3.63) is 95.1 Å². The van der Waals surface area contributed by atoms with Crippen molar-refractivity contribution in [1.82, 2.24) is 28.9 Å². The van der Waals surface area contributed by atoms with Gasteiger partial charge < -0.3 is 0 Å². The number of carbonyl (C=O) groups is 1. The number of aromatic nitrogens is 5. The SMILES string of the molecule is C=S(=O)(c1cnn(C)c1)N(C)[C@H]1CCC2=Cc3c(cnn3-c3ccc(F)cc3)C[C@]2(C(=O)c2ccc(C3CC3)cn2)C1. The van der Waals surface area contributed by atoms with Crippen molar-refractivity contribution in [1.29, 1.82) is 0 Å². The first-order valence-corrected chi connectivity index (χ1v) is 16.0. The summed E-state index contributed by atoms with van der Waals surface area (Å²) >= 11 is 0. The maximum absolute atomic E-state index is 14.6. The third-order valence-corrected chi connectivity index (χ3v) is 11.4. The highest BCUT2D eigenvalue weighted by molar-refractivity contribution is 7.98. The first kappa shape index (κ1) is 27.0. The normalized spacial score (nSPS) is 23.1. The van der Waals surface area contributed by atoms with E-state index in [9.17, 15) is 13.4 Å². The fourth-order valence-corrected chi connectivity index (χ4v) is 8.12. The average Bonchev–Trinajstić information content (AvgIpc) is 3.63. The van der Waals surface area contributed by atoms with Crippen LogP contribution in [0.4, 0.5) is 4.39 Å². The second kappa shape index (κ2) is 9.84. The Morgan fingerprint density at radius 1 is 1.10 bits per heavy atom. The summed E-state index contributed by atoms with van der Waals surface area (Å²) in [5, 5.41) is 8.85. The van der Waals surface area contributed by atoms with Crippen LogP contribution in [0.2, 0.25) is 0 Å². The number of ketones is 1. The van der Waals surface area contributed by atoms with Crippen molar-refractivity contribution in [2.75, 3.05) is 7.05 Å². The summed E-state index contributed by atoms with van der Waals surface area (Å²) in [5.74, 6) is 4.34. The Bertz CT molecular complexity index is 1820. The molecule has 1 unspecified atom stereocenters. The molecule has 0 N–H and O–H groups in total. The number of hydrogen-bond acceptors (Lipinski definition) is 5. The molecule has 3 heterocycles. The average molecular weight is 585 g/mol. The van der Waals surface area contributed by atoms with Gasteiger partial charge in [-0.2, -0.15) is 10.2 Å². The second-order valence-corrected chi connectivity index (χ2v) is 14.2. The van der Waals surface area contributed by atoms with Crippen LogP contribution in [0.1, 0.15) is 65.3 Å². The van der Waals surface area contributed by atoms with Gasteiger partial charge in [0.1, 0.15) is 11.5 Å². The largest absolute Gasteiger partial charge is 0.291 e. The van der Waals surface area contributed by atoms with Gasteiger partial charge in [0.25, 0.3) is 0 Å². The number of aryl methyl sites for hydroxylation is 1. The van der Waals surface area contributed by atoms with Gasteiger partial charge in [0.05, 0.1) is 43.8 Å². The molecule has 0 amide bonds. The molecule has 0 radical (unpaired) electrons. The molecular formula is C32H33FN6O2S. The van der Waals surface area contributed by atoms with Gasteiger partial charge in [-0.1, -0.05) is 11.6 Å². The number of carbonyl (C=O) groups excluding carboxylic acids is 1. The highest BCUT2D eigenvalue weighted by Crippen LogP contribution is 2.51. The van der Waals surface area contributed by atoms with E-state index in [0.29, 0.717) is 35.8 Å². The van der Waals surface area contributed by atoms with E-state index in [-0.39, 0.29) is 17.6 Å². The molecule has 3 atom stereocenters. The number of Topliss-reactive ketones (excluding diaryl/α,β-unsaturated/α-hetero) is 1. The van der Waals surface area contributed by atoms with Crippen molar-refractivity contribution in [3.63, 3.8) is 0 Å². The van der Waals surface area contributed by atoms with Crippen molar-refractivity contribution >= 4 is 27.4 Å². The molecule has 216 valence electrons. The second-order valence-electron chi connectivity index (χ2n) is 11.9. The van der Waals surface area contributed by atoms with Crippen LogP contribution in [0.25, 0.3) is 11.8 Å². The minimum Gasteiger partial charge on any atom is -0.291 e. The van der Waals surface area contributed by atoms with Crippen molar-refractivity contribution in [2.24, 2.45) is 12.5 Å². The third-order valence-electron chi connectivity index (χ3n) is 9.24. The Hall–Kier alpha value is -3.89. The summed E-state index contributed by atoms with van der Waals surface area (Å²) in [4.78, 5) is 19.8. The van der Waals surface area contributed by atoms with Crippen LogP contribution >= 0.6 is 0 Å². The Labute approximate surface area is 245 Å². The van der Waals surface area contributed by atoms with E-state index in [1.54, 1.807) is 42.5 Å². The molecule has 42 heavy (non-hydrogen) atoms. The maximum atomic E-state index is 14.6. The molecule has 2 saturated carbocycles. The minimum absolute atomic E-state index is 0.0219. The Kier molecular flexibility index (Phi) is 6.32. The lowest BCUT2D eigenvalue weighted by Gasteiger charge is -2.46. The number of halogens is 1. The predicted molar refractivity (Wildman–Crippen MR) is 160 cm³/mol. The van der Waals surface area contributed by atoms with E-state index < -0.39 is 15.1 Å². The molecule has 7 rings (SSSR count). The van der Waals surface area contributed by atoms with E-state index in [0.717, 1.165) is 28.9 Å². The minimum atomic E-state index is -2.82. The van der Waals surface area contributed by atoms with Gasteiger partial charge in [0.15, 0.2) is 5.78 Å². The number of fused-ring (bicyclic) bond motifs is 2. The molecule has 3 aliphatic carbocycles. The quantitative estimate of drug-likeness (QED) is 0.225. The van der Waals surface area contributed by atoms with Crippen LogP contribution in [0, 0.1) is 11.2 Å². The van der Waals surface area contributed by atoms with Gasteiger partial charge in [0, 0.05) is 25.5 Å². The third kappa shape index (κ3) is 4.44. The molecule has 0 saturated heterocycles. The molecule has 4 aromatic rings. The molecule has 3 aromatic heterocycles. The number of rotatable bonds is 7. The summed E-state index contributed by atoms with van der Waals surface area (Å²) in [6.45, 7) is 0. The van der Waals surface area contributed by atoms with Crippen molar-refractivity contribution in [3.8, 4) is 5.69 Å². The van der Waals surface area contributed by atoms with Crippen molar-refractivity contribution < 1.29 is 13.4 Å². The molecule has 0 aliphatic heterocycles. The predicted octanol–water partition coefficient (Wildman–Crippen LogP) is 5.00. The van der Waals surface area contributed by atoms with E-state index in [4.69, 9.17) is 0 Å². The molecular weight excluding hydrogens is 551 g/mol. The molecule has 1 aromatic carbocycles. The van der Waals surface area contributed by atoms with Gasteiger partial charge in [-0.15, -0.1) is 0 Å². The van der Waals surface area contributed by atoms with Crippen LogP contribution < -0.4 is 0 Å². The summed E-state index contributed by atoms with van der Waals surface area (Å²) < 4.78 is 32.9. The first-order chi connectivity index (χ1) is 20.2. The van der Waals surface area contributed by atoms with E-state index in [1.807, 2.05) is 34.4 Å². The Morgan fingerprint density at radius 3 is 2.55 bits per heavy atom. The fraction of sp³-hybridized carbons (Fsp3) is 0.344. The number of benzene rings is 1. The van der Waals surface area contributed by atoms with E-state index in [2.05, 4.69) is 27.1 Å². The van der Waals surface area contributed by atoms with Gasteiger partial charge >= 0.3 is 0 Å². The fourth-order valence-electron chi connectivity index (χ4n) is 6.60. The van der Waals surface area contributed by atoms with Crippen molar-refractivity contribution in [2.45, 2.75) is 55.4 Å². The zero-order chi connectivity index (χ0) is 29.2. The van der Waals surface area contributed by atoms with Crippen LogP contribution in [-0.4, -0.2) is 57.8 Å². The summed E-state index contributed by atoms with van der Waals surface area (Å²) in [7, 11) is 0.806. The lowest BCUT2D eigenvalue weighted by molar-refractivity contribution is 0.0749. The number of allylic oxidation sites excluding steroid dienone is 1. The first-order valence-electron chi connectivity index (χ1n) is 14.3. The lowest BCUT2D eigenvalue weighted by Crippen LogP contribution is -2.49. The van der Waals surface area contributed by atoms with Crippen LogP contribution in [0.5, 0.6) is 0 Å². The zero-order valence-corrected chi connectivity index (χ0v) is 24.6. The zero-order valence-electron chi connectivity index (χ0n) is 23.7. The standard InChI is InChI=1S/C32H33FN6O2S/c1-37-20-28(19-35-37)42(3,41)38(2)27-10-7-24-14-30-23(18-36-39(30)26-11-8-25(33)9-12-26)15-32(24,16-27)31(40)29-13-6-22(17-34-29)21-4-5-21/h6,8-9,11-14,17-21,27H,3-5,7,10,15-16H2,1-2H3/t27-,32-,42?/m0/s1. The Balaban J connectivity index is 1.28. The molecule has 0 spiro atoms. The lowest BCUT2D eigenvalue weighted by atomic mass is 9.60. The van der Waals surface area contributed by atoms with Crippen LogP contribution in [0.3, 0.4) is 0 Å². The number of pyridine rings is 1. The Morgan fingerprint density at radius 2 is 1.88 bits per heavy atom. The van der Waals surface area contributed by atoms with E-state index in [1.165, 1.54) is 30.5 Å². The monoisotopic (exact) mass is 584 g/mol. The van der Waals surface area contributed by atoms with Gasteiger partial charge in [-0.05, 0) is 105 Å².